The smallest absolute Gasteiger partial charge is 0.244 e. The quantitative estimate of drug-likeness (QED) is 0.537. The van der Waals surface area contributed by atoms with Gasteiger partial charge in [-0.05, 0) is 19.3 Å². The summed E-state index contributed by atoms with van der Waals surface area (Å²) in [5, 5.41) is 9.01. The van der Waals surface area contributed by atoms with Crippen molar-refractivity contribution < 1.29 is 9.90 Å². The number of hydrogen-bond acceptors (Lipinski definition) is 2. The van der Waals surface area contributed by atoms with Crippen LogP contribution in [-0.2, 0) is 4.79 Å². The molecule has 1 atom stereocenters. The standard InChI is InChI=1S/C7H11NO2/c8-7(10)5-1-3-6(9)4-2-5/h1,6,9H,2-4H2,(H2,8,10). The van der Waals surface area contributed by atoms with E-state index in [0.29, 0.717) is 24.8 Å². The molecule has 0 aromatic carbocycles. The summed E-state index contributed by atoms with van der Waals surface area (Å²) in [7, 11) is 0. The van der Waals surface area contributed by atoms with Gasteiger partial charge in [0, 0.05) is 5.57 Å². The van der Waals surface area contributed by atoms with Crippen LogP contribution in [0.2, 0.25) is 0 Å². The molecule has 10 heavy (non-hydrogen) atoms. The number of amides is 1. The van der Waals surface area contributed by atoms with Gasteiger partial charge in [0.1, 0.15) is 0 Å². The van der Waals surface area contributed by atoms with Gasteiger partial charge < -0.3 is 10.8 Å². The zero-order valence-electron chi connectivity index (χ0n) is 5.71. The maximum atomic E-state index is 10.5. The minimum Gasteiger partial charge on any atom is -0.393 e. The molecule has 3 nitrogen and oxygen atoms in total. The molecular weight excluding hydrogens is 130 g/mol. The summed E-state index contributed by atoms with van der Waals surface area (Å²) in [6.45, 7) is 0. The lowest BCUT2D eigenvalue weighted by Gasteiger charge is -2.14. The van der Waals surface area contributed by atoms with E-state index < -0.39 is 0 Å². The van der Waals surface area contributed by atoms with Crippen LogP contribution in [-0.4, -0.2) is 17.1 Å². The van der Waals surface area contributed by atoms with Crippen molar-refractivity contribution in [2.24, 2.45) is 5.73 Å². The van der Waals surface area contributed by atoms with Crippen LogP contribution in [0, 0.1) is 0 Å². The molecule has 56 valence electrons. The monoisotopic (exact) mass is 141 g/mol. The number of aliphatic hydroxyl groups is 1. The molecule has 1 aliphatic rings. The van der Waals surface area contributed by atoms with E-state index in [1.807, 2.05) is 0 Å². The van der Waals surface area contributed by atoms with Crippen molar-refractivity contribution in [1.29, 1.82) is 0 Å². The Balaban J connectivity index is 2.56. The van der Waals surface area contributed by atoms with E-state index in [1.165, 1.54) is 0 Å². The molecule has 0 aromatic heterocycles. The first kappa shape index (κ1) is 7.28. The fourth-order valence-electron chi connectivity index (χ4n) is 1.04. The van der Waals surface area contributed by atoms with Crippen molar-refractivity contribution in [2.75, 3.05) is 0 Å². The van der Waals surface area contributed by atoms with Crippen molar-refractivity contribution in [3.05, 3.63) is 11.6 Å². The first-order valence-corrected chi connectivity index (χ1v) is 3.37. The highest BCUT2D eigenvalue weighted by Gasteiger charge is 2.13. The van der Waals surface area contributed by atoms with Gasteiger partial charge in [-0.1, -0.05) is 6.08 Å². The maximum Gasteiger partial charge on any atom is 0.244 e. The highest BCUT2D eigenvalue weighted by atomic mass is 16.3. The van der Waals surface area contributed by atoms with E-state index in [1.54, 1.807) is 6.08 Å². The molecule has 0 heterocycles. The van der Waals surface area contributed by atoms with Gasteiger partial charge in [-0.3, -0.25) is 4.79 Å². The minimum absolute atomic E-state index is 0.275. The van der Waals surface area contributed by atoms with E-state index in [9.17, 15) is 4.79 Å². The maximum absolute atomic E-state index is 10.5. The minimum atomic E-state index is -0.355. The molecule has 0 aromatic rings. The largest absolute Gasteiger partial charge is 0.393 e. The van der Waals surface area contributed by atoms with Gasteiger partial charge in [0.2, 0.25) is 5.91 Å². The molecule has 1 amide bonds. The number of carbonyl (C=O) groups excluding carboxylic acids is 1. The van der Waals surface area contributed by atoms with E-state index in [4.69, 9.17) is 10.8 Å². The topological polar surface area (TPSA) is 63.3 Å². The lowest BCUT2D eigenvalue weighted by molar-refractivity contribution is -0.114. The van der Waals surface area contributed by atoms with Gasteiger partial charge in [0.15, 0.2) is 0 Å². The lowest BCUT2D eigenvalue weighted by atomic mass is 9.97. The molecule has 0 bridgehead atoms. The van der Waals surface area contributed by atoms with E-state index in [0.717, 1.165) is 0 Å². The number of primary amides is 1. The van der Waals surface area contributed by atoms with Gasteiger partial charge in [-0.15, -0.1) is 0 Å². The third kappa shape index (κ3) is 1.57. The highest BCUT2D eigenvalue weighted by Crippen LogP contribution is 2.16. The molecule has 0 saturated carbocycles. The van der Waals surface area contributed by atoms with Gasteiger partial charge in [-0.2, -0.15) is 0 Å². The molecule has 3 heteroatoms. The summed E-state index contributed by atoms with van der Waals surface area (Å²) in [6.07, 6.45) is 3.29. The van der Waals surface area contributed by atoms with Crippen LogP contribution >= 0.6 is 0 Å². The Morgan fingerprint density at radius 1 is 1.80 bits per heavy atom. The molecule has 0 fully saturated rings. The van der Waals surface area contributed by atoms with Gasteiger partial charge in [-0.25, -0.2) is 0 Å². The predicted molar refractivity (Wildman–Crippen MR) is 37.1 cm³/mol. The summed E-state index contributed by atoms with van der Waals surface area (Å²) < 4.78 is 0. The van der Waals surface area contributed by atoms with Crippen LogP contribution in [0.5, 0.6) is 0 Å². The third-order valence-corrected chi connectivity index (χ3v) is 1.70. The average molecular weight is 141 g/mol. The molecule has 1 unspecified atom stereocenters. The van der Waals surface area contributed by atoms with Gasteiger partial charge >= 0.3 is 0 Å². The van der Waals surface area contributed by atoms with Crippen molar-refractivity contribution in [3.8, 4) is 0 Å². The Bertz CT molecular complexity index is 174. The lowest BCUT2D eigenvalue weighted by Crippen LogP contribution is -2.19. The Kier molecular flexibility index (Phi) is 2.06. The second kappa shape index (κ2) is 2.84. The predicted octanol–water partition coefficient (Wildman–Crippen LogP) is -0.0571. The highest BCUT2D eigenvalue weighted by molar-refractivity contribution is 5.91. The van der Waals surface area contributed by atoms with Crippen LogP contribution in [0.3, 0.4) is 0 Å². The van der Waals surface area contributed by atoms with Crippen molar-refractivity contribution in [2.45, 2.75) is 25.4 Å². The second-order valence-corrected chi connectivity index (χ2v) is 2.52. The Morgan fingerprint density at radius 2 is 2.50 bits per heavy atom. The molecule has 0 radical (unpaired) electrons. The summed E-state index contributed by atoms with van der Waals surface area (Å²) in [5.41, 5.74) is 5.68. The summed E-state index contributed by atoms with van der Waals surface area (Å²) in [6, 6.07) is 0. The zero-order valence-corrected chi connectivity index (χ0v) is 5.71. The van der Waals surface area contributed by atoms with Crippen LogP contribution in [0.1, 0.15) is 19.3 Å². The van der Waals surface area contributed by atoms with Crippen LogP contribution < -0.4 is 5.73 Å². The van der Waals surface area contributed by atoms with Crippen molar-refractivity contribution >= 4 is 5.91 Å². The number of aliphatic hydroxyl groups excluding tert-OH is 1. The number of hydrogen-bond donors (Lipinski definition) is 2. The van der Waals surface area contributed by atoms with Crippen molar-refractivity contribution in [1.82, 2.24) is 0 Å². The van der Waals surface area contributed by atoms with E-state index in [-0.39, 0.29) is 12.0 Å². The van der Waals surface area contributed by atoms with E-state index in [2.05, 4.69) is 0 Å². The fraction of sp³-hybridized carbons (Fsp3) is 0.571. The Labute approximate surface area is 59.5 Å². The summed E-state index contributed by atoms with van der Waals surface area (Å²) in [5.74, 6) is -0.355. The molecule has 0 saturated heterocycles. The number of nitrogens with two attached hydrogens (primary N) is 1. The van der Waals surface area contributed by atoms with Crippen LogP contribution in [0.15, 0.2) is 11.6 Å². The average Bonchev–Trinajstić information content (AvgIpc) is 1.88. The van der Waals surface area contributed by atoms with Gasteiger partial charge in [0.25, 0.3) is 0 Å². The molecular formula is C7H11NO2. The van der Waals surface area contributed by atoms with E-state index >= 15 is 0 Å². The second-order valence-electron chi connectivity index (χ2n) is 2.52. The first-order valence-electron chi connectivity index (χ1n) is 3.37. The number of carbonyl (C=O) groups is 1. The van der Waals surface area contributed by atoms with Gasteiger partial charge in [0.05, 0.1) is 6.10 Å². The van der Waals surface area contributed by atoms with Crippen molar-refractivity contribution in [3.63, 3.8) is 0 Å². The normalized spacial score (nSPS) is 25.7. The molecule has 3 N–H and O–H groups in total. The SMILES string of the molecule is NC(=O)C1=CCC(O)CC1. The molecule has 0 aliphatic heterocycles. The summed E-state index contributed by atoms with van der Waals surface area (Å²) in [4.78, 5) is 10.5. The first-order chi connectivity index (χ1) is 4.70. The Hall–Kier alpha value is -0.830. The summed E-state index contributed by atoms with van der Waals surface area (Å²) >= 11 is 0. The van der Waals surface area contributed by atoms with Crippen LogP contribution in [0.4, 0.5) is 0 Å². The van der Waals surface area contributed by atoms with Crippen LogP contribution in [0.25, 0.3) is 0 Å². The Morgan fingerprint density at radius 3 is 2.90 bits per heavy atom. The number of rotatable bonds is 1. The molecule has 0 spiro atoms. The fourth-order valence-corrected chi connectivity index (χ4v) is 1.04. The zero-order chi connectivity index (χ0) is 7.56. The third-order valence-electron chi connectivity index (χ3n) is 1.70. The molecule has 1 aliphatic carbocycles. The molecule has 1 rings (SSSR count).